The van der Waals surface area contributed by atoms with Crippen LogP contribution in [0.15, 0.2) is 30.3 Å². The van der Waals surface area contributed by atoms with Crippen LogP contribution in [0, 0.1) is 0 Å². The Balaban J connectivity index is 0.000000292. The molecule has 1 unspecified atom stereocenters. The molecule has 0 fully saturated rings. The monoisotopic (exact) mass is 170 g/mol. The number of para-hydroxylation sites is 1. The second kappa shape index (κ2) is 7.56. The first-order valence-corrected chi connectivity index (χ1v) is 4.24. The van der Waals surface area contributed by atoms with E-state index >= 15 is 0 Å². The highest BCUT2D eigenvalue weighted by Crippen LogP contribution is 2.09. The summed E-state index contributed by atoms with van der Waals surface area (Å²) in [4.78, 5) is 0. The number of hydrogen-bond donors (Lipinski definition) is 0. The van der Waals surface area contributed by atoms with E-state index in [2.05, 4.69) is 23.3 Å². The highest BCUT2D eigenvalue weighted by Gasteiger charge is 1.80. The van der Waals surface area contributed by atoms with Gasteiger partial charge in [-0.25, -0.2) is 0 Å². The van der Waals surface area contributed by atoms with Crippen molar-refractivity contribution in [3.63, 3.8) is 0 Å². The zero-order valence-electron chi connectivity index (χ0n) is 7.08. The van der Waals surface area contributed by atoms with Crippen molar-refractivity contribution in [3.05, 3.63) is 30.3 Å². The Kier molecular flexibility index (Phi) is 7.18. The smallest absolute Gasteiger partial charge is 0.122 e. The molecule has 0 aliphatic heterocycles. The van der Waals surface area contributed by atoms with Crippen molar-refractivity contribution >= 4 is 9.47 Å². The minimum Gasteiger partial charge on any atom is -0.480 e. The summed E-state index contributed by atoms with van der Waals surface area (Å²) in [5.74, 6) is 0.873. The second-order valence-electron chi connectivity index (χ2n) is 2.14. The van der Waals surface area contributed by atoms with E-state index in [0.717, 1.165) is 5.75 Å². The summed E-state index contributed by atoms with van der Waals surface area (Å²) in [6, 6.07) is 9.60. The van der Waals surface area contributed by atoms with Gasteiger partial charge >= 0.3 is 0 Å². The number of benzene rings is 1. The lowest BCUT2D eigenvalue weighted by molar-refractivity contribution is 0.646. The Morgan fingerprint density at radius 1 is 1.18 bits per heavy atom. The quantitative estimate of drug-likeness (QED) is 0.588. The second-order valence-corrected chi connectivity index (χ2v) is 2.37. The molecule has 1 aromatic carbocycles. The van der Waals surface area contributed by atoms with Crippen molar-refractivity contribution in [2.75, 3.05) is 0 Å². The predicted molar refractivity (Wildman–Crippen MR) is 52.7 cm³/mol. The van der Waals surface area contributed by atoms with Gasteiger partial charge in [-0.05, 0) is 12.1 Å². The van der Waals surface area contributed by atoms with Crippen LogP contribution < -0.4 is 4.52 Å². The van der Waals surface area contributed by atoms with Crippen LogP contribution in [0.4, 0.5) is 0 Å². The van der Waals surface area contributed by atoms with Gasteiger partial charge in [-0.2, -0.15) is 0 Å². The molecule has 0 aromatic heterocycles. The fraction of sp³-hybridized carbons (Fsp3) is 0.333. The molecule has 0 spiro atoms. The van der Waals surface area contributed by atoms with E-state index in [0.29, 0.717) is 0 Å². The molecular weight excluding hydrogens is 155 g/mol. The first-order chi connectivity index (χ1) is 5.35. The van der Waals surface area contributed by atoms with Crippen LogP contribution in [0.2, 0.25) is 0 Å². The minimum atomic E-state index is 0.873. The summed E-state index contributed by atoms with van der Waals surface area (Å²) in [6.45, 7) is 4.25. The van der Waals surface area contributed by atoms with Crippen LogP contribution in [0.1, 0.15) is 20.3 Å². The molecular formula is C9H15OP. The Morgan fingerprint density at radius 2 is 1.64 bits per heavy atom. The average Bonchev–Trinajstić information content (AvgIpc) is 2.08. The van der Waals surface area contributed by atoms with Gasteiger partial charge in [-0.15, -0.1) is 0 Å². The molecule has 1 nitrogen and oxygen atoms in total. The van der Waals surface area contributed by atoms with E-state index in [1.54, 1.807) is 0 Å². The van der Waals surface area contributed by atoms with Gasteiger partial charge in [0.15, 0.2) is 0 Å². The maximum atomic E-state index is 4.83. The molecule has 0 amide bonds. The van der Waals surface area contributed by atoms with E-state index in [1.807, 2.05) is 30.3 Å². The molecule has 0 bridgehead atoms. The summed E-state index contributed by atoms with van der Waals surface area (Å²) in [5.41, 5.74) is 0. The van der Waals surface area contributed by atoms with Crippen LogP contribution in [0.5, 0.6) is 5.75 Å². The van der Waals surface area contributed by atoms with E-state index in [9.17, 15) is 0 Å². The van der Waals surface area contributed by atoms with Gasteiger partial charge in [0.25, 0.3) is 0 Å². The average molecular weight is 170 g/mol. The molecule has 0 saturated heterocycles. The van der Waals surface area contributed by atoms with Crippen molar-refractivity contribution in [3.8, 4) is 5.75 Å². The predicted octanol–water partition coefficient (Wildman–Crippen LogP) is 3.27. The Labute approximate surface area is 71.1 Å². The maximum Gasteiger partial charge on any atom is 0.122 e. The van der Waals surface area contributed by atoms with E-state index in [1.165, 1.54) is 6.42 Å². The van der Waals surface area contributed by atoms with Crippen molar-refractivity contribution in [2.24, 2.45) is 0 Å². The third kappa shape index (κ3) is 5.87. The largest absolute Gasteiger partial charge is 0.480 e. The molecule has 11 heavy (non-hydrogen) atoms. The zero-order valence-corrected chi connectivity index (χ0v) is 8.23. The van der Waals surface area contributed by atoms with E-state index in [-0.39, 0.29) is 0 Å². The van der Waals surface area contributed by atoms with Gasteiger partial charge < -0.3 is 4.52 Å². The molecule has 0 saturated carbocycles. The Hall–Kier alpha value is -0.550. The van der Waals surface area contributed by atoms with Crippen molar-refractivity contribution in [1.82, 2.24) is 0 Å². The standard InChI is InChI=1S/C6H7OP.C3H8/c8-7-6-4-2-1-3-5-6;1-3-2/h1-5H,8H2;3H2,1-2H3. The Morgan fingerprint density at radius 3 is 1.91 bits per heavy atom. The molecule has 1 aromatic rings. The molecule has 0 heterocycles. The summed E-state index contributed by atoms with van der Waals surface area (Å²) in [7, 11) is 2.19. The van der Waals surface area contributed by atoms with Gasteiger partial charge in [0.1, 0.15) is 5.75 Å². The first-order valence-electron chi connectivity index (χ1n) is 3.76. The van der Waals surface area contributed by atoms with Gasteiger partial charge in [-0.1, -0.05) is 38.5 Å². The lowest BCUT2D eigenvalue weighted by atomic mass is 10.3. The lowest BCUT2D eigenvalue weighted by Gasteiger charge is -1.93. The third-order valence-electron chi connectivity index (χ3n) is 0.879. The molecule has 1 atom stereocenters. The lowest BCUT2D eigenvalue weighted by Crippen LogP contribution is -1.68. The normalized spacial score (nSPS) is 7.91. The highest BCUT2D eigenvalue weighted by molar-refractivity contribution is 7.10. The van der Waals surface area contributed by atoms with Gasteiger partial charge in [0.2, 0.25) is 0 Å². The van der Waals surface area contributed by atoms with Crippen LogP contribution in [0.25, 0.3) is 0 Å². The van der Waals surface area contributed by atoms with E-state index < -0.39 is 0 Å². The fourth-order valence-corrected chi connectivity index (χ4v) is 0.656. The molecule has 0 aliphatic rings. The summed E-state index contributed by atoms with van der Waals surface area (Å²) in [6.07, 6.45) is 1.25. The van der Waals surface area contributed by atoms with Crippen LogP contribution in [-0.4, -0.2) is 0 Å². The van der Waals surface area contributed by atoms with Gasteiger partial charge in [0, 0.05) is 0 Å². The molecule has 1 rings (SSSR count). The van der Waals surface area contributed by atoms with Crippen LogP contribution in [0.3, 0.4) is 0 Å². The number of rotatable bonds is 1. The first kappa shape index (κ1) is 10.4. The molecule has 0 radical (unpaired) electrons. The summed E-state index contributed by atoms with van der Waals surface area (Å²) in [5, 5.41) is 0. The van der Waals surface area contributed by atoms with Gasteiger partial charge in [-0.3, -0.25) is 0 Å². The highest BCUT2D eigenvalue weighted by atomic mass is 31.0. The maximum absolute atomic E-state index is 4.83. The topological polar surface area (TPSA) is 9.23 Å². The summed E-state index contributed by atoms with van der Waals surface area (Å²) >= 11 is 0. The fourth-order valence-electron chi connectivity index (χ4n) is 0.499. The van der Waals surface area contributed by atoms with E-state index in [4.69, 9.17) is 4.52 Å². The van der Waals surface area contributed by atoms with Gasteiger partial charge in [0.05, 0.1) is 9.47 Å². The minimum absolute atomic E-state index is 0.873. The van der Waals surface area contributed by atoms with Crippen molar-refractivity contribution < 1.29 is 4.52 Å². The number of hydrogen-bond acceptors (Lipinski definition) is 1. The zero-order chi connectivity index (χ0) is 8.53. The summed E-state index contributed by atoms with van der Waals surface area (Å²) < 4.78 is 4.83. The Bertz CT molecular complexity index is 162. The third-order valence-corrected chi connectivity index (χ3v) is 1.15. The SMILES string of the molecule is CCC.POc1ccccc1. The molecule has 0 N–H and O–H groups in total. The molecule has 62 valence electrons. The molecule has 2 heteroatoms. The van der Waals surface area contributed by atoms with Crippen LogP contribution in [-0.2, 0) is 0 Å². The van der Waals surface area contributed by atoms with Crippen molar-refractivity contribution in [2.45, 2.75) is 20.3 Å². The molecule has 0 aliphatic carbocycles. The van der Waals surface area contributed by atoms with Crippen molar-refractivity contribution in [1.29, 1.82) is 0 Å². The van der Waals surface area contributed by atoms with Crippen LogP contribution >= 0.6 is 9.47 Å².